The Bertz CT molecular complexity index is 1010. The highest BCUT2D eigenvalue weighted by atomic mass is 16.5. The largest absolute Gasteiger partial charge is 0.497 e. The molecular weight excluding hydrogens is 340 g/mol. The Hall–Kier alpha value is -3.54. The summed E-state index contributed by atoms with van der Waals surface area (Å²) >= 11 is 0. The third-order valence-corrected chi connectivity index (χ3v) is 4.22. The van der Waals surface area contributed by atoms with Crippen molar-refractivity contribution in [2.45, 2.75) is 13.1 Å². The van der Waals surface area contributed by atoms with Gasteiger partial charge in [-0.3, -0.25) is 0 Å². The van der Waals surface area contributed by atoms with Gasteiger partial charge in [-0.15, -0.1) is 0 Å². The van der Waals surface area contributed by atoms with Gasteiger partial charge in [-0.05, 0) is 42.0 Å². The molecule has 0 aliphatic rings. The Morgan fingerprint density at radius 3 is 2.52 bits per heavy atom. The molecule has 0 amide bonds. The number of nitrogens with zero attached hydrogens (tertiary/aromatic N) is 2. The molecule has 0 aliphatic heterocycles. The molecule has 0 spiro atoms. The van der Waals surface area contributed by atoms with E-state index in [4.69, 9.17) is 9.15 Å². The first-order chi connectivity index (χ1) is 13.3. The zero-order valence-corrected chi connectivity index (χ0v) is 15.0. The number of hydrogen-bond acceptors (Lipinski definition) is 6. The highest BCUT2D eigenvalue weighted by Gasteiger charge is 2.08. The maximum absolute atomic E-state index is 5.39. The van der Waals surface area contributed by atoms with Crippen LogP contribution in [0.25, 0.3) is 10.9 Å². The number of anilines is 2. The Morgan fingerprint density at radius 2 is 1.74 bits per heavy atom. The molecule has 0 bridgehead atoms. The zero-order chi connectivity index (χ0) is 18.5. The van der Waals surface area contributed by atoms with E-state index < -0.39 is 0 Å². The van der Waals surface area contributed by atoms with Crippen molar-refractivity contribution in [2.24, 2.45) is 0 Å². The summed E-state index contributed by atoms with van der Waals surface area (Å²) in [6.45, 7) is 1.19. The Balaban J connectivity index is 1.54. The SMILES string of the molecule is COc1ccc(CNc2nc(NCc3ccco3)c3ccccc3n2)cc1. The molecule has 2 N–H and O–H groups in total. The van der Waals surface area contributed by atoms with Gasteiger partial charge in [0.15, 0.2) is 0 Å². The van der Waals surface area contributed by atoms with Gasteiger partial charge in [0, 0.05) is 11.9 Å². The maximum Gasteiger partial charge on any atom is 0.225 e. The topological polar surface area (TPSA) is 72.2 Å². The van der Waals surface area contributed by atoms with Gasteiger partial charge >= 0.3 is 0 Å². The molecule has 0 saturated heterocycles. The quantitative estimate of drug-likeness (QED) is 0.507. The van der Waals surface area contributed by atoms with Crippen LogP contribution in [0.5, 0.6) is 5.75 Å². The Morgan fingerprint density at radius 1 is 0.889 bits per heavy atom. The van der Waals surface area contributed by atoms with Crippen LogP contribution < -0.4 is 15.4 Å². The van der Waals surface area contributed by atoms with Crippen molar-refractivity contribution in [3.8, 4) is 5.75 Å². The third kappa shape index (κ3) is 4.00. The van der Waals surface area contributed by atoms with Gasteiger partial charge in [0.25, 0.3) is 0 Å². The number of ether oxygens (including phenoxy) is 1. The zero-order valence-electron chi connectivity index (χ0n) is 15.0. The van der Waals surface area contributed by atoms with Crippen LogP contribution in [0.4, 0.5) is 11.8 Å². The summed E-state index contributed by atoms with van der Waals surface area (Å²) in [6, 6.07) is 19.7. The van der Waals surface area contributed by atoms with Crippen molar-refractivity contribution in [1.29, 1.82) is 0 Å². The maximum atomic E-state index is 5.39. The Labute approximate surface area is 157 Å². The molecule has 136 valence electrons. The van der Waals surface area contributed by atoms with Crippen LogP contribution in [0, 0.1) is 0 Å². The normalized spacial score (nSPS) is 10.7. The first-order valence-corrected chi connectivity index (χ1v) is 8.71. The minimum Gasteiger partial charge on any atom is -0.497 e. The Kier molecular flexibility index (Phi) is 4.87. The van der Waals surface area contributed by atoms with Crippen molar-refractivity contribution in [2.75, 3.05) is 17.7 Å². The number of benzene rings is 2. The van der Waals surface area contributed by atoms with Gasteiger partial charge in [-0.25, -0.2) is 4.98 Å². The highest BCUT2D eigenvalue weighted by Crippen LogP contribution is 2.23. The van der Waals surface area contributed by atoms with E-state index in [0.29, 0.717) is 19.0 Å². The first kappa shape index (κ1) is 16.9. The molecule has 2 aromatic carbocycles. The number of methoxy groups -OCH3 is 1. The number of fused-ring (bicyclic) bond motifs is 1. The molecule has 0 atom stereocenters. The fourth-order valence-corrected chi connectivity index (χ4v) is 2.80. The van der Waals surface area contributed by atoms with E-state index in [0.717, 1.165) is 33.8 Å². The molecule has 4 aromatic rings. The molecule has 2 aromatic heterocycles. The molecular formula is C21H20N4O2. The van der Waals surface area contributed by atoms with Gasteiger partial charge < -0.3 is 19.8 Å². The van der Waals surface area contributed by atoms with Gasteiger partial charge in [0.1, 0.15) is 17.3 Å². The molecule has 0 aliphatic carbocycles. The predicted molar refractivity (Wildman–Crippen MR) is 106 cm³/mol. The van der Waals surface area contributed by atoms with Crippen LogP contribution in [-0.2, 0) is 13.1 Å². The van der Waals surface area contributed by atoms with Crippen LogP contribution in [0.2, 0.25) is 0 Å². The second kappa shape index (κ2) is 7.78. The smallest absolute Gasteiger partial charge is 0.225 e. The van der Waals surface area contributed by atoms with E-state index in [1.54, 1.807) is 13.4 Å². The van der Waals surface area contributed by atoms with Crippen LogP contribution in [-0.4, -0.2) is 17.1 Å². The second-order valence-electron chi connectivity index (χ2n) is 6.05. The summed E-state index contributed by atoms with van der Waals surface area (Å²) in [5.74, 6) is 3.04. The summed E-state index contributed by atoms with van der Waals surface area (Å²) in [4.78, 5) is 9.27. The van der Waals surface area contributed by atoms with E-state index in [2.05, 4.69) is 20.6 Å². The highest BCUT2D eigenvalue weighted by molar-refractivity contribution is 5.89. The lowest BCUT2D eigenvalue weighted by atomic mass is 10.2. The van der Waals surface area contributed by atoms with E-state index in [-0.39, 0.29) is 0 Å². The fraction of sp³-hybridized carbons (Fsp3) is 0.143. The lowest BCUT2D eigenvalue weighted by Gasteiger charge is -2.11. The number of nitrogens with one attached hydrogen (secondary N) is 2. The third-order valence-electron chi connectivity index (χ3n) is 4.22. The van der Waals surface area contributed by atoms with Crippen molar-refractivity contribution < 1.29 is 9.15 Å². The standard InChI is InChI=1S/C21H20N4O2/c1-26-16-10-8-15(9-11-16)13-23-21-24-19-7-3-2-6-18(19)20(25-21)22-14-17-5-4-12-27-17/h2-12H,13-14H2,1H3,(H2,22,23,24,25). The summed E-state index contributed by atoms with van der Waals surface area (Å²) in [5, 5.41) is 7.61. The van der Waals surface area contributed by atoms with Crippen LogP contribution in [0.3, 0.4) is 0 Å². The summed E-state index contributed by atoms with van der Waals surface area (Å²) < 4.78 is 10.6. The number of aromatic nitrogens is 2. The molecule has 2 heterocycles. The van der Waals surface area contributed by atoms with Crippen LogP contribution in [0.15, 0.2) is 71.3 Å². The van der Waals surface area contributed by atoms with E-state index in [9.17, 15) is 0 Å². The molecule has 0 unspecified atom stereocenters. The molecule has 27 heavy (non-hydrogen) atoms. The van der Waals surface area contributed by atoms with Crippen LogP contribution >= 0.6 is 0 Å². The monoisotopic (exact) mass is 360 g/mol. The summed E-state index contributed by atoms with van der Waals surface area (Å²) in [6.07, 6.45) is 1.66. The van der Waals surface area contributed by atoms with Crippen LogP contribution in [0.1, 0.15) is 11.3 Å². The number of rotatable bonds is 7. The van der Waals surface area contributed by atoms with Crippen molar-refractivity contribution >= 4 is 22.7 Å². The van der Waals surface area contributed by atoms with Gasteiger partial charge in [0.2, 0.25) is 5.95 Å². The fourth-order valence-electron chi connectivity index (χ4n) is 2.80. The van der Waals surface area contributed by atoms with Gasteiger partial charge in [0.05, 0.1) is 25.4 Å². The van der Waals surface area contributed by atoms with E-state index in [1.165, 1.54) is 0 Å². The molecule has 0 fully saturated rings. The van der Waals surface area contributed by atoms with Crippen molar-refractivity contribution in [3.05, 3.63) is 78.3 Å². The van der Waals surface area contributed by atoms with Crippen molar-refractivity contribution in [1.82, 2.24) is 9.97 Å². The van der Waals surface area contributed by atoms with Gasteiger partial charge in [-0.2, -0.15) is 4.98 Å². The average Bonchev–Trinajstić information content (AvgIpc) is 3.24. The second-order valence-corrected chi connectivity index (χ2v) is 6.05. The molecule has 6 nitrogen and oxygen atoms in total. The van der Waals surface area contributed by atoms with Crippen molar-refractivity contribution in [3.63, 3.8) is 0 Å². The molecule has 0 saturated carbocycles. The van der Waals surface area contributed by atoms with Gasteiger partial charge in [-0.1, -0.05) is 24.3 Å². The minimum absolute atomic E-state index is 0.561. The lowest BCUT2D eigenvalue weighted by molar-refractivity contribution is 0.414. The minimum atomic E-state index is 0.561. The lowest BCUT2D eigenvalue weighted by Crippen LogP contribution is -2.07. The first-order valence-electron chi connectivity index (χ1n) is 8.71. The van der Waals surface area contributed by atoms with E-state index >= 15 is 0 Å². The average molecular weight is 360 g/mol. The molecule has 0 radical (unpaired) electrons. The summed E-state index contributed by atoms with van der Waals surface area (Å²) in [7, 11) is 1.66. The summed E-state index contributed by atoms with van der Waals surface area (Å²) in [5.41, 5.74) is 2.00. The number of furan rings is 1. The van der Waals surface area contributed by atoms with E-state index in [1.807, 2.05) is 60.7 Å². The molecule has 4 rings (SSSR count). The molecule has 6 heteroatoms. The number of para-hydroxylation sites is 1. The predicted octanol–water partition coefficient (Wildman–Crippen LogP) is 4.46. The number of hydrogen-bond donors (Lipinski definition) is 2.